The molecule has 1 aliphatic heterocycles. The molecular formula is C15H20N4O2. The Morgan fingerprint density at radius 3 is 2.81 bits per heavy atom. The quantitative estimate of drug-likeness (QED) is 0.929. The van der Waals surface area contributed by atoms with Gasteiger partial charge in [-0.2, -0.15) is 0 Å². The number of hydrogen-bond donors (Lipinski definition) is 1. The van der Waals surface area contributed by atoms with E-state index in [1.807, 2.05) is 10.7 Å². The van der Waals surface area contributed by atoms with Crippen LogP contribution in [0.2, 0.25) is 0 Å². The summed E-state index contributed by atoms with van der Waals surface area (Å²) in [5.74, 6) is -0.366. The summed E-state index contributed by atoms with van der Waals surface area (Å²) in [6, 6.07) is 5.22. The average molecular weight is 288 g/mol. The third-order valence-electron chi connectivity index (χ3n) is 4.36. The molecule has 0 spiro atoms. The highest BCUT2D eigenvalue weighted by Gasteiger charge is 2.20. The van der Waals surface area contributed by atoms with E-state index in [1.54, 1.807) is 12.1 Å². The Morgan fingerprint density at radius 1 is 1.38 bits per heavy atom. The average Bonchev–Trinajstić information content (AvgIpc) is 2.91. The Morgan fingerprint density at radius 2 is 2.14 bits per heavy atom. The van der Waals surface area contributed by atoms with Crippen LogP contribution < -0.4 is 0 Å². The van der Waals surface area contributed by atoms with Gasteiger partial charge in [-0.15, -0.1) is 5.10 Å². The number of rotatable bonds is 4. The maximum Gasteiger partial charge on any atom is 0.338 e. The van der Waals surface area contributed by atoms with Gasteiger partial charge in [0.25, 0.3) is 0 Å². The molecule has 0 unspecified atom stereocenters. The summed E-state index contributed by atoms with van der Waals surface area (Å²) >= 11 is 0. The largest absolute Gasteiger partial charge is 0.478 e. The highest BCUT2D eigenvalue weighted by molar-refractivity contribution is 6.00. The molecule has 1 saturated heterocycles. The van der Waals surface area contributed by atoms with Crippen LogP contribution in [0, 0.1) is 5.92 Å². The first kappa shape index (κ1) is 14.0. The Hall–Kier alpha value is -1.95. The van der Waals surface area contributed by atoms with Gasteiger partial charge in [-0.05, 0) is 50.5 Å². The van der Waals surface area contributed by atoms with Gasteiger partial charge in [0.15, 0.2) is 0 Å². The van der Waals surface area contributed by atoms with Crippen LogP contribution in [0.25, 0.3) is 11.0 Å². The predicted octanol–water partition coefficient (Wildman–Crippen LogP) is 1.86. The molecule has 0 radical (unpaired) electrons. The molecule has 21 heavy (non-hydrogen) atoms. The van der Waals surface area contributed by atoms with Crippen molar-refractivity contribution in [3.8, 4) is 0 Å². The maximum atomic E-state index is 11.2. The molecule has 3 rings (SSSR count). The molecule has 1 N–H and O–H groups in total. The van der Waals surface area contributed by atoms with Crippen molar-refractivity contribution in [1.29, 1.82) is 0 Å². The second-order valence-electron chi connectivity index (χ2n) is 5.63. The second-order valence-corrected chi connectivity index (χ2v) is 5.63. The second kappa shape index (κ2) is 5.81. The van der Waals surface area contributed by atoms with Crippen LogP contribution in [0.4, 0.5) is 0 Å². The normalized spacial score (nSPS) is 17.4. The molecule has 0 bridgehead atoms. The Labute approximate surface area is 123 Å². The number of likely N-dealkylation sites (tertiary alicyclic amines) is 1. The van der Waals surface area contributed by atoms with E-state index in [9.17, 15) is 9.90 Å². The molecule has 1 aromatic carbocycles. The number of hydrogen-bond acceptors (Lipinski definition) is 4. The minimum atomic E-state index is -0.955. The van der Waals surface area contributed by atoms with Crippen LogP contribution >= 0.6 is 0 Å². The van der Waals surface area contributed by atoms with Crippen LogP contribution in [0.5, 0.6) is 0 Å². The smallest absolute Gasteiger partial charge is 0.338 e. The van der Waals surface area contributed by atoms with E-state index in [0.717, 1.165) is 44.5 Å². The summed E-state index contributed by atoms with van der Waals surface area (Å²) in [6.07, 6.45) is 2.32. The van der Waals surface area contributed by atoms with E-state index >= 15 is 0 Å². The molecule has 0 amide bonds. The lowest BCUT2D eigenvalue weighted by Crippen LogP contribution is -2.34. The number of nitrogens with zero attached hydrogens (tertiary/aromatic N) is 4. The molecule has 112 valence electrons. The molecule has 1 aromatic heterocycles. The van der Waals surface area contributed by atoms with Gasteiger partial charge in [-0.3, -0.25) is 0 Å². The van der Waals surface area contributed by atoms with Gasteiger partial charge in [-0.25, -0.2) is 9.48 Å². The van der Waals surface area contributed by atoms with Gasteiger partial charge in [0, 0.05) is 6.54 Å². The van der Waals surface area contributed by atoms with Crippen molar-refractivity contribution in [1.82, 2.24) is 19.9 Å². The molecule has 1 fully saturated rings. The molecule has 6 heteroatoms. The monoisotopic (exact) mass is 288 g/mol. The van der Waals surface area contributed by atoms with Crippen molar-refractivity contribution in [2.45, 2.75) is 26.3 Å². The molecule has 0 aliphatic carbocycles. The lowest BCUT2D eigenvalue weighted by atomic mass is 9.97. The van der Waals surface area contributed by atoms with Gasteiger partial charge in [0.1, 0.15) is 5.52 Å². The first-order chi connectivity index (χ1) is 10.2. The zero-order chi connectivity index (χ0) is 14.8. The fourth-order valence-corrected chi connectivity index (χ4v) is 3.03. The maximum absolute atomic E-state index is 11.2. The number of aromatic nitrogens is 3. The molecule has 6 nitrogen and oxygen atoms in total. The standard InChI is InChI=1S/C15H20N4O2/c1-2-18-8-6-11(7-9-18)10-19-13-5-3-4-12(15(20)21)14(13)16-17-19/h3-5,11H,2,6-10H2,1H3,(H,20,21). The van der Waals surface area contributed by atoms with E-state index in [2.05, 4.69) is 22.1 Å². The van der Waals surface area contributed by atoms with Crippen LogP contribution in [-0.2, 0) is 6.54 Å². The Bertz CT molecular complexity index is 644. The van der Waals surface area contributed by atoms with Crippen molar-refractivity contribution in [3.63, 3.8) is 0 Å². The Kier molecular flexibility index (Phi) is 3.88. The number of carboxylic acids is 1. The van der Waals surface area contributed by atoms with Gasteiger partial charge < -0.3 is 10.0 Å². The van der Waals surface area contributed by atoms with E-state index in [1.165, 1.54) is 0 Å². The van der Waals surface area contributed by atoms with E-state index in [0.29, 0.717) is 11.4 Å². The van der Waals surface area contributed by atoms with Crippen molar-refractivity contribution in [3.05, 3.63) is 23.8 Å². The third kappa shape index (κ3) is 2.76. The number of aromatic carboxylic acids is 1. The predicted molar refractivity (Wildman–Crippen MR) is 79.3 cm³/mol. The lowest BCUT2D eigenvalue weighted by molar-refractivity contribution is 0.0699. The van der Waals surface area contributed by atoms with Gasteiger partial charge >= 0.3 is 5.97 Å². The van der Waals surface area contributed by atoms with Crippen molar-refractivity contribution >= 4 is 17.0 Å². The fourth-order valence-electron chi connectivity index (χ4n) is 3.03. The molecule has 2 heterocycles. The summed E-state index contributed by atoms with van der Waals surface area (Å²) in [7, 11) is 0. The van der Waals surface area contributed by atoms with Gasteiger partial charge in [0.05, 0.1) is 11.1 Å². The first-order valence-corrected chi connectivity index (χ1v) is 7.47. The van der Waals surface area contributed by atoms with Crippen molar-refractivity contribution in [2.24, 2.45) is 5.92 Å². The van der Waals surface area contributed by atoms with Gasteiger partial charge in [0.2, 0.25) is 0 Å². The lowest BCUT2D eigenvalue weighted by Gasteiger charge is -2.30. The minimum Gasteiger partial charge on any atom is -0.478 e. The van der Waals surface area contributed by atoms with Gasteiger partial charge in [-0.1, -0.05) is 18.2 Å². The van der Waals surface area contributed by atoms with Crippen LogP contribution in [-0.4, -0.2) is 50.6 Å². The molecule has 0 saturated carbocycles. The SMILES string of the molecule is CCN1CCC(Cn2nnc3c(C(=O)O)cccc32)CC1. The summed E-state index contributed by atoms with van der Waals surface area (Å²) in [6.45, 7) is 6.39. The third-order valence-corrected chi connectivity index (χ3v) is 4.36. The number of piperidine rings is 1. The zero-order valence-corrected chi connectivity index (χ0v) is 12.2. The molecule has 1 aliphatic rings. The topological polar surface area (TPSA) is 71.2 Å². The van der Waals surface area contributed by atoms with Crippen LogP contribution in [0.1, 0.15) is 30.1 Å². The van der Waals surface area contributed by atoms with Crippen molar-refractivity contribution in [2.75, 3.05) is 19.6 Å². The fraction of sp³-hybridized carbons (Fsp3) is 0.533. The zero-order valence-electron chi connectivity index (χ0n) is 12.2. The highest BCUT2D eigenvalue weighted by Crippen LogP contribution is 2.22. The summed E-state index contributed by atoms with van der Waals surface area (Å²) < 4.78 is 1.86. The first-order valence-electron chi connectivity index (χ1n) is 7.47. The number of carbonyl (C=O) groups is 1. The molecule has 0 atom stereocenters. The van der Waals surface area contributed by atoms with Crippen molar-refractivity contribution < 1.29 is 9.90 Å². The van der Waals surface area contributed by atoms with E-state index in [4.69, 9.17) is 0 Å². The molecular weight excluding hydrogens is 268 g/mol. The summed E-state index contributed by atoms with van der Waals surface area (Å²) in [4.78, 5) is 13.7. The summed E-state index contributed by atoms with van der Waals surface area (Å²) in [5.41, 5.74) is 1.52. The summed E-state index contributed by atoms with van der Waals surface area (Å²) in [5, 5.41) is 17.4. The minimum absolute atomic E-state index is 0.222. The Balaban J connectivity index is 1.79. The van der Waals surface area contributed by atoms with Crippen LogP contribution in [0.3, 0.4) is 0 Å². The highest BCUT2D eigenvalue weighted by atomic mass is 16.4. The van der Waals surface area contributed by atoms with E-state index in [-0.39, 0.29) is 5.56 Å². The number of benzene rings is 1. The number of carboxylic acid groups (broad SMARTS) is 1. The molecule has 2 aromatic rings. The van der Waals surface area contributed by atoms with Crippen LogP contribution in [0.15, 0.2) is 18.2 Å². The van der Waals surface area contributed by atoms with E-state index < -0.39 is 5.97 Å². The number of fused-ring (bicyclic) bond motifs is 1.